The first-order chi connectivity index (χ1) is 10.9. The van der Waals surface area contributed by atoms with Crippen LogP contribution in [0.5, 0.6) is 0 Å². The second kappa shape index (κ2) is 7.41. The van der Waals surface area contributed by atoms with Crippen molar-refractivity contribution in [2.75, 3.05) is 6.54 Å². The third-order valence-electron chi connectivity index (χ3n) is 4.74. The van der Waals surface area contributed by atoms with Gasteiger partial charge in [0, 0.05) is 11.1 Å². The van der Waals surface area contributed by atoms with E-state index in [0.717, 1.165) is 49.2 Å². The van der Waals surface area contributed by atoms with Gasteiger partial charge in [0.1, 0.15) is 10.5 Å². The van der Waals surface area contributed by atoms with Crippen LogP contribution in [0.15, 0.2) is 5.38 Å². The Balaban J connectivity index is 1.96. The Morgan fingerprint density at radius 1 is 1.48 bits per heavy atom. The monoisotopic (exact) mass is 334 g/mol. The zero-order chi connectivity index (χ0) is 16.9. The summed E-state index contributed by atoms with van der Waals surface area (Å²) in [5.74, 6) is -0.110. The van der Waals surface area contributed by atoms with Crippen LogP contribution in [0.4, 0.5) is 0 Å². The van der Waals surface area contributed by atoms with Crippen molar-refractivity contribution >= 4 is 17.2 Å². The maximum atomic E-state index is 12.3. The average molecular weight is 334 g/mol. The first-order valence-corrected chi connectivity index (χ1v) is 9.21. The molecular formula is C17H26N4OS. The maximum absolute atomic E-state index is 12.3. The topological polar surface area (TPSA) is 77.8 Å². The summed E-state index contributed by atoms with van der Waals surface area (Å²) in [4.78, 5) is 16.9. The molecule has 0 bridgehead atoms. The third-order valence-corrected chi connectivity index (χ3v) is 5.96. The molecule has 126 valence electrons. The quantitative estimate of drug-likeness (QED) is 0.838. The number of amides is 1. The van der Waals surface area contributed by atoms with Crippen LogP contribution in [-0.4, -0.2) is 23.0 Å². The van der Waals surface area contributed by atoms with E-state index in [1.807, 2.05) is 12.3 Å². The van der Waals surface area contributed by atoms with Gasteiger partial charge in [-0.1, -0.05) is 26.2 Å². The number of nitriles is 1. The van der Waals surface area contributed by atoms with Gasteiger partial charge in [-0.05, 0) is 33.1 Å². The summed E-state index contributed by atoms with van der Waals surface area (Å²) in [5.41, 5.74) is 0.0154. The Bertz CT molecular complexity index is 586. The molecule has 1 heterocycles. The predicted molar refractivity (Wildman–Crippen MR) is 92.1 cm³/mol. The van der Waals surface area contributed by atoms with Crippen molar-refractivity contribution < 1.29 is 4.79 Å². The molecule has 1 aromatic rings. The Labute approximate surface area is 142 Å². The van der Waals surface area contributed by atoms with Gasteiger partial charge in [-0.25, -0.2) is 4.98 Å². The van der Waals surface area contributed by atoms with Gasteiger partial charge in [-0.15, -0.1) is 11.3 Å². The summed E-state index contributed by atoms with van der Waals surface area (Å²) in [5, 5.41) is 18.8. The highest BCUT2D eigenvalue weighted by atomic mass is 32.1. The minimum absolute atomic E-state index is 0.110. The van der Waals surface area contributed by atoms with Gasteiger partial charge in [0.05, 0.1) is 18.2 Å². The number of thiazole rings is 1. The molecule has 1 aliphatic carbocycles. The molecule has 1 amide bonds. The Kier molecular flexibility index (Phi) is 5.77. The summed E-state index contributed by atoms with van der Waals surface area (Å²) in [7, 11) is 0. The predicted octanol–water partition coefficient (Wildman–Crippen LogP) is 3.01. The van der Waals surface area contributed by atoms with Crippen LogP contribution in [0.1, 0.15) is 63.1 Å². The lowest BCUT2D eigenvalue weighted by Crippen LogP contribution is -2.53. The molecular weight excluding hydrogens is 308 g/mol. The van der Waals surface area contributed by atoms with Crippen LogP contribution in [0.3, 0.4) is 0 Å². The highest BCUT2D eigenvalue weighted by Gasteiger charge is 2.34. The Hall–Kier alpha value is -1.45. The fraction of sp³-hybridized carbons (Fsp3) is 0.706. The molecule has 0 aliphatic heterocycles. The SMILES string of the molecule is CCC(C)(NCC(=O)NC1(C#N)CCCCC1)c1nc(C)cs1. The summed E-state index contributed by atoms with van der Waals surface area (Å²) in [6.07, 6.45) is 5.52. The number of nitrogens with zero attached hydrogens (tertiary/aromatic N) is 2. The van der Waals surface area contributed by atoms with Gasteiger partial charge < -0.3 is 5.32 Å². The molecule has 0 aromatic carbocycles. The van der Waals surface area contributed by atoms with Crippen LogP contribution in [0.2, 0.25) is 0 Å². The molecule has 23 heavy (non-hydrogen) atoms. The maximum Gasteiger partial charge on any atom is 0.235 e. The van der Waals surface area contributed by atoms with E-state index in [9.17, 15) is 10.1 Å². The molecule has 1 aliphatic rings. The molecule has 1 aromatic heterocycles. The lowest BCUT2D eigenvalue weighted by Gasteiger charge is -2.33. The molecule has 1 atom stereocenters. The van der Waals surface area contributed by atoms with E-state index in [2.05, 4.69) is 35.5 Å². The Morgan fingerprint density at radius 2 is 2.17 bits per heavy atom. The normalized spacial score (nSPS) is 19.6. The second-order valence-corrected chi connectivity index (χ2v) is 7.49. The molecule has 1 unspecified atom stereocenters. The van der Waals surface area contributed by atoms with Crippen LogP contribution in [-0.2, 0) is 10.3 Å². The van der Waals surface area contributed by atoms with E-state index in [1.54, 1.807) is 11.3 Å². The number of carbonyl (C=O) groups is 1. The number of hydrogen-bond donors (Lipinski definition) is 2. The molecule has 5 nitrogen and oxygen atoms in total. The Morgan fingerprint density at radius 3 is 2.70 bits per heavy atom. The van der Waals surface area contributed by atoms with Crippen LogP contribution < -0.4 is 10.6 Å². The van der Waals surface area contributed by atoms with E-state index in [1.165, 1.54) is 0 Å². The smallest absolute Gasteiger partial charge is 0.235 e. The lowest BCUT2D eigenvalue weighted by atomic mass is 9.83. The van der Waals surface area contributed by atoms with Gasteiger partial charge in [-0.2, -0.15) is 5.26 Å². The summed E-state index contributed by atoms with van der Waals surface area (Å²) < 4.78 is 0. The number of aryl methyl sites for hydroxylation is 1. The van der Waals surface area contributed by atoms with Crippen molar-refractivity contribution in [2.24, 2.45) is 0 Å². The number of carbonyl (C=O) groups excluding carboxylic acids is 1. The van der Waals surface area contributed by atoms with Crippen LogP contribution in [0.25, 0.3) is 0 Å². The number of nitrogens with one attached hydrogen (secondary N) is 2. The molecule has 2 N–H and O–H groups in total. The standard InChI is InChI=1S/C17H26N4OS/c1-4-16(3,15-20-13(2)11-23-15)19-10-14(22)21-17(12-18)8-6-5-7-9-17/h11,19H,4-10H2,1-3H3,(H,21,22). The van der Waals surface area contributed by atoms with E-state index < -0.39 is 5.54 Å². The molecule has 1 fully saturated rings. The van der Waals surface area contributed by atoms with E-state index in [4.69, 9.17) is 0 Å². The van der Waals surface area contributed by atoms with E-state index >= 15 is 0 Å². The van der Waals surface area contributed by atoms with Crippen molar-refractivity contribution in [1.29, 1.82) is 5.26 Å². The van der Waals surface area contributed by atoms with Crippen molar-refractivity contribution in [1.82, 2.24) is 15.6 Å². The minimum atomic E-state index is -0.669. The van der Waals surface area contributed by atoms with Gasteiger partial charge in [0.2, 0.25) is 5.91 Å². The third kappa shape index (κ3) is 4.30. The molecule has 0 radical (unpaired) electrons. The summed E-state index contributed by atoms with van der Waals surface area (Å²) in [6, 6.07) is 2.32. The highest BCUT2D eigenvalue weighted by molar-refractivity contribution is 7.09. The lowest BCUT2D eigenvalue weighted by molar-refractivity contribution is -0.122. The second-order valence-electron chi connectivity index (χ2n) is 6.64. The minimum Gasteiger partial charge on any atom is -0.337 e. The van der Waals surface area contributed by atoms with Crippen molar-refractivity contribution in [3.8, 4) is 6.07 Å². The highest BCUT2D eigenvalue weighted by Crippen LogP contribution is 2.28. The average Bonchev–Trinajstić information content (AvgIpc) is 3.00. The molecule has 6 heteroatoms. The van der Waals surface area contributed by atoms with Crippen molar-refractivity contribution in [2.45, 2.75) is 70.4 Å². The van der Waals surface area contributed by atoms with Crippen LogP contribution >= 0.6 is 11.3 Å². The van der Waals surface area contributed by atoms with Gasteiger partial charge in [0.25, 0.3) is 0 Å². The first-order valence-electron chi connectivity index (χ1n) is 8.33. The molecule has 0 spiro atoms. The number of rotatable bonds is 6. The molecule has 0 saturated heterocycles. The fourth-order valence-corrected chi connectivity index (χ4v) is 3.97. The zero-order valence-electron chi connectivity index (χ0n) is 14.2. The van der Waals surface area contributed by atoms with Gasteiger partial charge >= 0.3 is 0 Å². The largest absolute Gasteiger partial charge is 0.337 e. The molecule has 1 saturated carbocycles. The zero-order valence-corrected chi connectivity index (χ0v) is 15.1. The first kappa shape index (κ1) is 17.9. The summed E-state index contributed by atoms with van der Waals surface area (Å²) >= 11 is 1.61. The van der Waals surface area contributed by atoms with E-state index in [-0.39, 0.29) is 18.0 Å². The number of aromatic nitrogens is 1. The van der Waals surface area contributed by atoms with Gasteiger partial charge in [0.15, 0.2) is 0 Å². The van der Waals surface area contributed by atoms with Crippen LogP contribution in [0, 0.1) is 18.3 Å². The number of hydrogen-bond acceptors (Lipinski definition) is 5. The van der Waals surface area contributed by atoms with Crippen molar-refractivity contribution in [3.63, 3.8) is 0 Å². The van der Waals surface area contributed by atoms with Crippen molar-refractivity contribution in [3.05, 3.63) is 16.1 Å². The fourth-order valence-electron chi connectivity index (χ4n) is 2.97. The molecule has 2 rings (SSSR count). The summed E-state index contributed by atoms with van der Waals surface area (Å²) in [6.45, 7) is 6.33. The van der Waals surface area contributed by atoms with Gasteiger partial charge in [-0.3, -0.25) is 10.1 Å². The van der Waals surface area contributed by atoms with E-state index in [0.29, 0.717) is 0 Å².